The largest absolute Gasteiger partial charge is 0.409 e. The van der Waals surface area contributed by atoms with Gasteiger partial charge in [0.05, 0.1) is 6.04 Å². The fraction of sp³-hybridized carbons (Fsp3) is 0.909. The van der Waals surface area contributed by atoms with Gasteiger partial charge in [-0.15, -0.1) is 0 Å². The average molecular weight is 213 g/mol. The van der Waals surface area contributed by atoms with E-state index >= 15 is 0 Å². The lowest BCUT2D eigenvalue weighted by Crippen LogP contribution is -2.41. The fourth-order valence-electron chi connectivity index (χ4n) is 2.07. The second-order valence-electron chi connectivity index (χ2n) is 4.78. The van der Waals surface area contributed by atoms with Gasteiger partial charge in [0, 0.05) is 0 Å². The standard InChI is InChI=1S/C11H23N3O/c1-8-3-5-10(6-4-8)7-13-9(2)11(12)14-15/h8-10,13,15H,3-7H2,1-2H3,(H2,12,14). The molecule has 0 amide bonds. The van der Waals surface area contributed by atoms with Crippen molar-refractivity contribution < 1.29 is 5.21 Å². The SMILES string of the molecule is CC1CCC(CNC(C)C(N)=NO)CC1. The van der Waals surface area contributed by atoms with Crippen molar-refractivity contribution in [2.24, 2.45) is 22.7 Å². The Bertz CT molecular complexity index is 210. The lowest BCUT2D eigenvalue weighted by Gasteiger charge is -2.27. The Kier molecular flexibility index (Phi) is 4.88. The normalized spacial score (nSPS) is 30.1. The molecule has 4 heteroatoms. The number of nitrogens with zero attached hydrogens (tertiary/aromatic N) is 1. The van der Waals surface area contributed by atoms with Gasteiger partial charge >= 0.3 is 0 Å². The maximum Gasteiger partial charge on any atom is 0.156 e. The maximum absolute atomic E-state index is 8.50. The Labute approximate surface area is 91.9 Å². The summed E-state index contributed by atoms with van der Waals surface area (Å²) in [6.07, 6.45) is 5.28. The van der Waals surface area contributed by atoms with Crippen LogP contribution in [0.3, 0.4) is 0 Å². The lowest BCUT2D eigenvalue weighted by atomic mass is 9.83. The summed E-state index contributed by atoms with van der Waals surface area (Å²) >= 11 is 0. The highest BCUT2D eigenvalue weighted by atomic mass is 16.4. The topological polar surface area (TPSA) is 70.6 Å². The van der Waals surface area contributed by atoms with E-state index in [1.807, 2.05) is 6.92 Å². The highest BCUT2D eigenvalue weighted by Gasteiger charge is 2.18. The zero-order valence-corrected chi connectivity index (χ0v) is 9.74. The number of hydrogen-bond acceptors (Lipinski definition) is 3. The van der Waals surface area contributed by atoms with Crippen LogP contribution in [0.4, 0.5) is 0 Å². The molecule has 0 aromatic rings. The molecule has 1 atom stereocenters. The molecule has 0 aromatic heterocycles. The minimum Gasteiger partial charge on any atom is -0.409 e. The van der Waals surface area contributed by atoms with Crippen molar-refractivity contribution in [3.05, 3.63) is 0 Å². The van der Waals surface area contributed by atoms with E-state index in [0.717, 1.165) is 18.4 Å². The van der Waals surface area contributed by atoms with Crippen molar-refractivity contribution in [3.8, 4) is 0 Å². The number of nitrogens with one attached hydrogen (secondary N) is 1. The van der Waals surface area contributed by atoms with Gasteiger partial charge in [-0.25, -0.2) is 0 Å². The van der Waals surface area contributed by atoms with Crippen molar-refractivity contribution in [1.82, 2.24) is 5.32 Å². The Morgan fingerprint density at radius 3 is 2.60 bits per heavy atom. The van der Waals surface area contributed by atoms with E-state index in [2.05, 4.69) is 17.4 Å². The van der Waals surface area contributed by atoms with Gasteiger partial charge in [0.2, 0.25) is 0 Å². The summed E-state index contributed by atoms with van der Waals surface area (Å²) in [5.41, 5.74) is 5.49. The van der Waals surface area contributed by atoms with Gasteiger partial charge in [-0.05, 0) is 38.1 Å². The summed E-state index contributed by atoms with van der Waals surface area (Å²) in [6.45, 7) is 5.22. The molecule has 0 aromatic carbocycles. The molecule has 0 spiro atoms. The second-order valence-corrected chi connectivity index (χ2v) is 4.78. The Hall–Kier alpha value is -0.770. The first-order valence-corrected chi connectivity index (χ1v) is 5.84. The molecule has 88 valence electrons. The van der Waals surface area contributed by atoms with Crippen LogP contribution in [0.5, 0.6) is 0 Å². The van der Waals surface area contributed by atoms with E-state index < -0.39 is 0 Å². The molecule has 0 bridgehead atoms. The summed E-state index contributed by atoms with van der Waals surface area (Å²) in [5.74, 6) is 1.91. The van der Waals surface area contributed by atoms with Crippen LogP contribution in [-0.2, 0) is 0 Å². The Morgan fingerprint density at radius 1 is 1.47 bits per heavy atom. The van der Waals surface area contributed by atoms with Gasteiger partial charge in [-0.3, -0.25) is 0 Å². The summed E-state index contributed by atoms with van der Waals surface area (Å²) < 4.78 is 0. The third kappa shape index (κ3) is 4.08. The summed E-state index contributed by atoms with van der Waals surface area (Å²) in [6, 6.07) is -0.0330. The first kappa shape index (κ1) is 12.3. The molecular weight excluding hydrogens is 190 g/mol. The highest BCUT2D eigenvalue weighted by molar-refractivity contribution is 5.84. The predicted molar refractivity (Wildman–Crippen MR) is 62.0 cm³/mol. The van der Waals surface area contributed by atoms with E-state index in [1.165, 1.54) is 25.7 Å². The van der Waals surface area contributed by atoms with Crippen LogP contribution in [-0.4, -0.2) is 23.6 Å². The van der Waals surface area contributed by atoms with Gasteiger partial charge in [0.15, 0.2) is 5.84 Å². The van der Waals surface area contributed by atoms with Crippen LogP contribution in [0.25, 0.3) is 0 Å². The maximum atomic E-state index is 8.50. The molecule has 4 N–H and O–H groups in total. The van der Waals surface area contributed by atoms with E-state index in [0.29, 0.717) is 0 Å². The van der Waals surface area contributed by atoms with Crippen LogP contribution in [0.15, 0.2) is 5.16 Å². The van der Waals surface area contributed by atoms with E-state index in [1.54, 1.807) is 0 Å². The third-order valence-electron chi connectivity index (χ3n) is 3.41. The molecule has 1 saturated carbocycles. The van der Waals surface area contributed by atoms with Gasteiger partial charge < -0.3 is 16.3 Å². The number of hydrogen-bond donors (Lipinski definition) is 3. The van der Waals surface area contributed by atoms with Crippen LogP contribution in [0.2, 0.25) is 0 Å². The molecule has 15 heavy (non-hydrogen) atoms. The van der Waals surface area contributed by atoms with Crippen molar-refractivity contribution in [2.45, 2.75) is 45.6 Å². The molecule has 1 fully saturated rings. The van der Waals surface area contributed by atoms with Crippen molar-refractivity contribution in [1.29, 1.82) is 0 Å². The number of oxime groups is 1. The molecule has 0 saturated heterocycles. The fourth-order valence-corrected chi connectivity index (χ4v) is 2.07. The first-order chi connectivity index (χ1) is 7.13. The van der Waals surface area contributed by atoms with Crippen molar-refractivity contribution in [3.63, 3.8) is 0 Å². The zero-order valence-electron chi connectivity index (χ0n) is 9.74. The Morgan fingerprint density at radius 2 is 2.07 bits per heavy atom. The molecule has 1 rings (SSSR count). The summed E-state index contributed by atoms with van der Waals surface area (Å²) in [5, 5.41) is 14.8. The van der Waals surface area contributed by atoms with Crippen molar-refractivity contribution >= 4 is 5.84 Å². The number of rotatable bonds is 4. The van der Waals surface area contributed by atoms with Crippen LogP contribution >= 0.6 is 0 Å². The lowest BCUT2D eigenvalue weighted by molar-refractivity contribution is 0.278. The average Bonchev–Trinajstić information content (AvgIpc) is 2.26. The molecule has 0 aliphatic heterocycles. The molecule has 1 unspecified atom stereocenters. The second kappa shape index (κ2) is 5.95. The minimum absolute atomic E-state index is 0.0330. The van der Waals surface area contributed by atoms with Crippen LogP contribution < -0.4 is 11.1 Å². The van der Waals surface area contributed by atoms with Gasteiger partial charge in [0.25, 0.3) is 0 Å². The quantitative estimate of drug-likeness (QED) is 0.287. The first-order valence-electron chi connectivity index (χ1n) is 5.84. The molecular formula is C11H23N3O. The minimum atomic E-state index is -0.0330. The van der Waals surface area contributed by atoms with E-state index in [-0.39, 0.29) is 11.9 Å². The summed E-state index contributed by atoms with van der Waals surface area (Å²) in [7, 11) is 0. The van der Waals surface area contributed by atoms with E-state index in [4.69, 9.17) is 10.9 Å². The van der Waals surface area contributed by atoms with Crippen LogP contribution in [0, 0.1) is 11.8 Å². The number of nitrogens with two attached hydrogens (primary N) is 1. The van der Waals surface area contributed by atoms with Gasteiger partial charge in [-0.1, -0.05) is 24.9 Å². The molecule has 0 heterocycles. The smallest absolute Gasteiger partial charge is 0.156 e. The van der Waals surface area contributed by atoms with Crippen molar-refractivity contribution in [2.75, 3.05) is 6.54 Å². The molecule has 1 aliphatic rings. The molecule has 1 aliphatic carbocycles. The highest BCUT2D eigenvalue weighted by Crippen LogP contribution is 2.27. The zero-order chi connectivity index (χ0) is 11.3. The monoisotopic (exact) mass is 213 g/mol. The number of amidine groups is 1. The molecule has 4 nitrogen and oxygen atoms in total. The summed E-state index contributed by atoms with van der Waals surface area (Å²) in [4.78, 5) is 0. The third-order valence-corrected chi connectivity index (χ3v) is 3.41. The van der Waals surface area contributed by atoms with Crippen LogP contribution in [0.1, 0.15) is 39.5 Å². The van der Waals surface area contributed by atoms with Gasteiger partial charge in [0.1, 0.15) is 0 Å². The van der Waals surface area contributed by atoms with E-state index in [9.17, 15) is 0 Å². The Balaban J connectivity index is 2.20. The predicted octanol–water partition coefficient (Wildman–Crippen LogP) is 1.54. The van der Waals surface area contributed by atoms with Gasteiger partial charge in [-0.2, -0.15) is 0 Å². The molecule has 0 radical (unpaired) electrons.